The summed E-state index contributed by atoms with van der Waals surface area (Å²) in [5.74, 6) is -0.254. The Balaban J connectivity index is 1.82. The summed E-state index contributed by atoms with van der Waals surface area (Å²) in [4.78, 5) is 24.7. The molecule has 0 aliphatic carbocycles. The second-order valence-corrected chi connectivity index (χ2v) is 4.47. The van der Waals surface area contributed by atoms with Crippen LogP contribution in [-0.2, 0) is 9.53 Å². The van der Waals surface area contributed by atoms with Crippen LogP contribution in [-0.4, -0.2) is 70.2 Å². The van der Waals surface area contributed by atoms with E-state index in [0.29, 0.717) is 5.84 Å². The molecule has 3 rings (SSSR count). The summed E-state index contributed by atoms with van der Waals surface area (Å²) < 4.78 is 5.49. The first-order chi connectivity index (χ1) is 9.10. The van der Waals surface area contributed by atoms with E-state index in [1.807, 2.05) is 0 Å². The lowest BCUT2D eigenvalue weighted by Gasteiger charge is -2.25. The molecule has 1 saturated heterocycles. The number of carbonyl (C=O) groups is 1. The summed E-state index contributed by atoms with van der Waals surface area (Å²) in [6, 6.07) is -0.791. The molecule has 9 nitrogen and oxygen atoms in total. The SMILES string of the molecule is NC1=NC(=O)C2N=CN(C3CC(O)C(CO)O3)C2=N1. The maximum absolute atomic E-state index is 11.6. The van der Waals surface area contributed by atoms with Gasteiger partial charge < -0.3 is 20.7 Å². The molecule has 0 aromatic heterocycles. The number of fused-ring (bicyclic) bond motifs is 1. The molecule has 0 spiro atoms. The first-order valence-electron chi connectivity index (χ1n) is 5.82. The van der Waals surface area contributed by atoms with Crippen molar-refractivity contribution in [1.82, 2.24) is 4.90 Å². The standard InChI is InChI=1S/C10H13N5O4/c11-10-13-8-7(9(18)14-10)12-3-15(8)6-1-4(17)5(2-16)19-6/h3-7,16-17H,1-2H2,(H2,11,14,18). The molecule has 4 atom stereocenters. The zero-order valence-electron chi connectivity index (χ0n) is 9.88. The van der Waals surface area contributed by atoms with Gasteiger partial charge in [0.25, 0.3) is 5.91 Å². The van der Waals surface area contributed by atoms with Crippen LogP contribution in [0.4, 0.5) is 0 Å². The largest absolute Gasteiger partial charge is 0.394 e. The maximum atomic E-state index is 11.6. The van der Waals surface area contributed by atoms with Gasteiger partial charge in [0.05, 0.1) is 19.0 Å². The van der Waals surface area contributed by atoms with Crippen molar-refractivity contribution in [1.29, 1.82) is 0 Å². The molecule has 1 fully saturated rings. The third kappa shape index (κ3) is 1.91. The molecule has 0 aromatic carbocycles. The molecule has 0 radical (unpaired) electrons. The lowest BCUT2D eigenvalue weighted by molar-refractivity contribution is -0.117. The Morgan fingerprint density at radius 3 is 3.00 bits per heavy atom. The lowest BCUT2D eigenvalue weighted by atomic mass is 10.2. The van der Waals surface area contributed by atoms with Crippen molar-refractivity contribution in [2.75, 3.05) is 6.61 Å². The number of amidine groups is 1. The van der Waals surface area contributed by atoms with E-state index in [-0.39, 0.29) is 19.0 Å². The van der Waals surface area contributed by atoms with E-state index in [1.165, 1.54) is 6.34 Å². The summed E-state index contributed by atoms with van der Waals surface area (Å²) >= 11 is 0. The fraction of sp³-hybridized carbons (Fsp3) is 0.600. The summed E-state index contributed by atoms with van der Waals surface area (Å²) in [6.07, 6.45) is -0.240. The Morgan fingerprint density at radius 2 is 2.32 bits per heavy atom. The number of amides is 1. The molecule has 4 N–H and O–H groups in total. The highest BCUT2D eigenvalue weighted by molar-refractivity contribution is 6.21. The monoisotopic (exact) mass is 267 g/mol. The quantitative estimate of drug-likeness (QED) is 0.503. The number of rotatable bonds is 2. The van der Waals surface area contributed by atoms with Gasteiger partial charge in [-0.05, 0) is 0 Å². The van der Waals surface area contributed by atoms with Gasteiger partial charge in [0.1, 0.15) is 12.3 Å². The van der Waals surface area contributed by atoms with Crippen LogP contribution < -0.4 is 5.73 Å². The van der Waals surface area contributed by atoms with Crippen molar-refractivity contribution in [3.8, 4) is 0 Å². The number of nitrogens with two attached hydrogens (primary N) is 1. The van der Waals surface area contributed by atoms with Crippen LogP contribution in [0.3, 0.4) is 0 Å². The molecule has 0 aromatic rings. The van der Waals surface area contributed by atoms with Crippen LogP contribution in [0.2, 0.25) is 0 Å². The van der Waals surface area contributed by atoms with Crippen LogP contribution in [0.1, 0.15) is 6.42 Å². The van der Waals surface area contributed by atoms with E-state index in [0.717, 1.165) is 0 Å². The van der Waals surface area contributed by atoms with Gasteiger partial charge in [-0.25, -0.2) is 0 Å². The number of aliphatic imine (C=N–C) groups is 3. The molecule has 3 aliphatic rings. The predicted molar refractivity (Wildman–Crippen MR) is 64.6 cm³/mol. The van der Waals surface area contributed by atoms with E-state index in [2.05, 4.69) is 15.0 Å². The number of hydrogen-bond acceptors (Lipinski definition) is 8. The van der Waals surface area contributed by atoms with Crippen LogP contribution in [0.25, 0.3) is 0 Å². The highest BCUT2D eigenvalue weighted by Gasteiger charge is 2.43. The van der Waals surface area contributed by atoms with Crippen LogP contribution in [0.5, 0.6) is 0 Å². The van der Waals surface area contributed by atoms with Crippen molar-refractivity contribution in [3.05, 3.63) is 0 Å². The third-order valence-electron chi connectivity index (χ3n) is 3.23. The third-order valence-corrected chi connectivity index (χ3v) is 3.23. The molecule has 102 valence electrons. The van der Waals surface area contributed by atoms with Crippen molar-refractivity contribution >= 4 is 24.0 Å². The number of guanidine groups is 1. The van der Waals surface area contributed by atoms with Gasteiger partial charge in [-0.1, -0.05) is 0 Å². The molecule has 3 aliphatic heterocycles. The highest BCUT2D eigenvalue weighted by atomic mass is 16.5. The first kappa shape index (κ1) is 12.2. The topological polar surface area (TPSA) is 133 Å². The Labute approximate surface area is 108 Å². The zero-order valence-corrected chi connectivity index (χ0v) is 9.88. The number of aliphatic hydroxyl groups is 2. The second-order valence-electron chi connectivity index (χ2n) is 4.47. The highest BCUT2D eigenvalue weighted by Crippen LogP contribution is 2.26. The van der Waals surface area contributed by atoms with E-state index in [9.17, 15) is 9.90 Å². The summed E-state index contributed by atoms with van der Waals surface area (Å²) in [6.45, 7) is -0.277. The average Bonchev–Trinajstić information content (AvgIpc) is 2.92. The van der Waals surface area contributed by atoms with Crippen LogP contribution >= 0.6 is 0 Å². The summed E-state index contributed by atoms with van der Waals surface area (Å²) in [7, 11) is 0. The number of ether oxygens (including phenoxy) is 1. The van der Waals surface area contributed by atoms with Gasteiger partial charge in [-0.2, -0.15) is 9.98 Å². The fourth-order valence-electron chi connectivity index (χ4n) is 2.29. The van der Waals surface area contributed by atoms with E-state index < -0.39 is 30.4 Å². The predicted octanol–water partition coefficient (Wildman–Crippen LogP) is -2.58. The fourth-order valence-corrected chi connectivity index (χ4v) is 2.29. The Hall–Kier alpha value is -1.84. The van der Waals surface area contributed by atoms with Gasteiger partial charge in [0.2, 0.25) is 5.96 Å². The minimum Gasteiger partial charge on any atom is -0.394 e. The van der Waals surface area contributed by atoms with Crippen molar-refractivity contribution in [2.45, 2.75) is 30.9 Å². The second kappa shape index (κ2) is 4.37. The Kier molecular flexibility index (Phi) is 2.81. The Morgan fingerprint density at radius 1 is 1.53 bits per heavy atom. The van der Waals surface area contributed by atoms with Crippen LogP contribution in [0.15, 0.2) is 15.0 Å². The molecule has 0 saturated carbocycles. The maximum Gasteiger partial charge on any atom is 0.281 e. The van der Waals surface area contributed by atoms with E-state index in [1.54, 1.807) is 4.90 Å². The van der Waals surface area contributed by atoms with Crippen LogP contribution in [0, 0.1) is 0 Å². The minimum absolute atomic E-state index is 0.121. The normalized spacial score (nSPS) is 37.4. The van der Waals surface area contributed by atoms with E-state index >= 15 is 0 Å². The molecular weight excluding hydrogens is 254 g/mol. The van der Waals surface area contributed by atoms with E-state index in [4.69, 9.17) is 15.6 Å². The van der Waals surface area contributed by atoms with Gasteiger partial charge in [-0.3, -0.25) is 14.7 Å². The molecule has 3 heterocycles. The van der Waals surface area contributed by atoms with Crippen molar-refractivity contribution < 1.29 is 19.7 Å². The van der Waals surface area contributed by atoms with Gasteiger partial charge in [-0.15, -0.1) is 0 Å². The van der Waals surface area contributed by atoms with Crippen molar-refractivity contribution in [2.24, 2.45) is 20.7 Å². The van der Waals surface area contributed by atoms with Crippen molar-refractivity contribution in [3.63, 3.8) is 0 Å². The molecule has 9 heteroatoms. The number of aliphatic hydroxyl groups excluding tert-OH is 2. The number of nitrogens with zero attached hydrogens (tertiary/aromatic N) is 4. The smallest absolute Gasteiger partial charge is 0.281 e. The molecule has 4 unspecified atom stereocenters. The summed E-state index contributed by atoms with van der Waals surface area (Å²) in [5, 5.41) is 18.8. The number of carbonyl (C=O) groups excluding carboxylic acids is 1. The average molecular weight is 267 g/mol. The van der Waals surface area contributed by atoms with Gasteiger partial charge in [0.15, 0.2) is 11.9 Å². The number of hydrogen-bond donors (Lipinski definition) is 3. The Bertz CT molecular complexity index is 502. The zero-order chi connectivity index (χ0) is 13.6. The summed E-state index contributed by atoms with van der Waals surface area (Å²) in [5.41, 5.74) is 5.45. The molecular formula is C10H13N5O4. The van der Waals surface area contributed by atoms with Gasteiger partial charge >= 0.3 is 0 Å². The van der Waals surface area contributed by atoms with Gasteiger partial charge in [0, 0.05) is 6.42 Å². The molecule has 0 bridgehead atoms. The molecule has 19 heavy (non-hydrogen) atoms. The first-order valence-corrected chi connectivity index (χ1v) is 5.82. The minimum atomic E-state index is -0.791. The lowest BCUT2D eigenvalue weighted by Crippen LogP contribution is -2.44. The molecule has 1 amide bonds.